The van der Waals surface area contributed by atoms with E-state index in [1.807, 2.05) is 95.3 Å². The summed E-state index contributed by atoms with van der Waals surface area (Å²) in [6.07, 6.45) is 1.08. The molecule has 0 saturated heterocycles. The normalized spacial score (nSPS) is 11.7. The van der Waals surface area contributed by atoms with E-state index in [-0.39, 0.29) is 5.82 Å². The SMILES string of the molecule is Cc1cc2nc(-c3ccc(-c4ccccc4)c(F)c3)nc(Nc3ccc4c(cnn4C(=O)OC(C)(C)C)c3)c2cc1C. The van der Waals surface area contributed by atoms with Crippen molar-refractivity contribution in [2.24, 2.45) is 0 Å². The second-order valence-electron chi connectivity index (χ2n) is 11.3. The lowest BCUT2D eigenvalue weighted by molar-refractivity contribution is 0.0522. The molecule has 0 saturated carbocycles. The van der Waals surface area contributed by atoms with Gasteiger partial charge in [-0.15, -0.1) is 0 Å². The van der Waals surface area contributed by atoms with Crippen LogP contribution in [0.5, 0.6) is 0 Å². The number of fused-ring (bicyclic) bond motifs is 2. The minimum Gasteiger partial charge on any atom is -0.442 e. The number of aromatic nitrogens is 4. The Bertz CT molecular complexity index is 1980. The molecule has 0 unspecified atom stereocenters. The summed E-state index contributed by atoms with van der Waals surface area (Å²) in [7, 11) is 0. The van der Waals surface area contributed by atoms with Gasteiger partial charge in [0, 0.05) is 27.6 Å². The van der Waals surface area contributed by atoms with Crippen LogP contribution in [0.3, 0.4) is 0 Å². The number of nitrogens with one attached hydrogen (secondary N) is 1. The van der Waals surface area contributed by atoms with Crippen molar-refractivity contribution in [2.45, 2.75) is 40.2 Å². The monoisotopic (exact) mass is 559 g/mol. The first kappa shape index (κ1) is 27.1. The van der Waals surface area contributed by atoms with Crippen LogP contribution in [-0.4, -0.2) is 31.4 Å². The van der Waals surface area contributed by atoms with E-state index in [4.69, 9.17) is 14.7 Å². The van der Waals surface area contributed by atoms with Crippen molar-refractivity contribution in [3.05, 3.63) is 102 Å². The highest BCUT2D eigenvalue weighted by Gasteiger charge is 2.20. The molecule has 0 amide bonds. The van der Waals surface area contributed by atoms with Gasteiger partial charge >= 0.3 is 6.09 Å². The second kappa shape index (κ2) is 10.4. The first-order valence-electron chi connectivity index (χ1n) is 13.7. The Hall–Kier alpha value is -5.11. The van der Waals surface area contributed by atoms with Crippen molar-refractivity contribution in [3.8, 4) is 22.5 Å². The molecule has 0 atom stereocenters. The molecule has 4 aromatic carbocycles. The molecule has 1 N–H and O–H groups in total. The van der Waals surface area contributed by atoms with E-state index >= 15 is 4.39 Å². The summed E-state index contributed by atoms with van der Waals surface area (Å²) in [4.78, 5) is 22.3. The average Bonchev–Trinajstić information content (AvgIpc) is 3.37. The van der Waals surface area contributed by atoms with Crippen LogP contribution in [0.2, 0.25) is 0 Å². The van der Waals surface area contributed by atoms with Gasteiger partial charge in [-0.2, -0.15) is 9.78 Å². The van der Waals surface area contributed by atoms with Crippen molar-refractivity contribution < 1.29 is 13.9 Å². The van der Waals surface area contributed by atoms with Crippen LogP contribution >= 0.6 is 0 Å². The number of rotatable bonds is 4. The molecule has 0 aliphatic carbocycles. The van der Waals surface area contributed by atoms with Gasteiger partial charge in [0.15, 0.2) is 5.82 Å². The molecule has 6 aromatic rings. The maximum atomic E-state index is 15.3. The molecular weight excluding hydrogens is 529 g/mol. The van der Waals surface area contributed by atoms with E-state index in [9.17, 15) is 4.79 Å². The fraction of sp³-hybridized carbons (Fsp3) is 0.176. The summed E-state index contributed by atoms with van der Waals surface area (Å²) in [5.41, 5.74) is 5.59. The van der Waals surface area contributed by atoms with E-state index in [0.29, 0.717) is 28.3 Å². The number of hydrogen-bond acceptors (Lipinski definition) is 6. The number of carbonyl (C=O) groups is 1. The molecule has 8 heteroatoms. The highest BCUT2D eigenvalue weighted by Crippen LogP contribution is 2.32. The maximum absolute atomic E-state index is 15.3. The van der Waals surface area contributed by atoms with Gasteiger partial charge in [0.1, 0.15) is 17.2 Å². The van der Waals surface area contributed by atoms with Crippen molar-refractivity contribution in [2.75, 3.05) is 5.32 Å². The van der Waals surface area contributed by atoms with Gasteiger partial charge in [-0.3, -0.25) is 0 Å². The van der Waals surface area contributed by atoms with Gasteiger partial charge < -0.3 is 10.1 Å². The highest BCUT2D eigenvalue weighted by molar-refractivity contribution is 5.95. The predicted octanol–water partition coefficient (Wildman–Crippen LogP) is 8.60. The van der Waals surface area contributed by atoms with Crippen LogP contribution < -0.4 is 5.32 Å². The van der Waals surface area contributed by atoms with Crippen molar-refractivity contribution in [1.29, 1.82) is 0 Å². The van der Waals surface area contributed by atoms with Crippen molar-refractivity contribution in [3.63, 3.8) is 0 Å². The summed E-state index contributed by atoms with van der Waals surface area (Å²) in [5, 5.41) is 9.27. The topological polar surface area (TPSA) is 81.9 Å². The third kappa shape index (κ3) is 5.31. The predicted molar refractivity (Wildman–Crippen MR) is 164 cm³/mol. The molecule has 0 spiro atoms. The Morgan fingerprint density at radius 2 is 1.64 bits per heavy atom. The lowest BCUT2D eigenvalue weighted by Gasteiger charge is -2.19. The molecular formula is C34H30FN5O2. The van der Waals surface area contributed by atoms with Gasteiger partial charge in [-0.25, -0.2) is 19.2 Å². The largest absolute Gasteiger partial charge is 0.442 e. The van der Waals surface area contributed by atoms with Crippen LogP contribution in [0.25, 0.3) is 44.3 Å². The quantitative estimate of drug-likeness (QED) is 0.233. The van der Waals surface area contributed by atoms with Crippen LogP contribution in [-0.2, 0) is 4.74 Å². The molecule has 0 radical (unpaired) electrons. The summed E-state index contributed by atoms with van der Waals surface area (Å²) in [6, 6.07) is 24.1. The van der Waals surface area contributed by atoms with E-state index in [0.717, 1.165) is 38.7 Å². The van der Waals surface area contributed by atoms with E-state index in [2.05, 4.69) is 16.5 Å². The molecule has 2 heterocycles. The fourth-order valence-corrected chi connectivity index (χ4v) is 4.82. The Morgan fingerprint density at radius 3 is 2.38 bits per heavy atom. The van der Waals surface area contributed by atoms with Crippen LogP contribution in [0.1, 0.15) is 31.9 Å². The van der Waals surface area contributed by atoms with E-state index in [1.165, 1.54) is 10.7 Å². The number of aryl methyl sites for hydroxylation is 2. The van der Waals surface area contributed by atoms with Crippen molar-refractivity contribution in [1.82, 2.24) is 19.7 Å². The second-order valence-corrected chi connectivity index (χ2v) is 11.3. The molecule has 0 aliphatic heterocycles. The highest BCUT2D eigenvalue weighted by atomic mass is 19.1. The molecule has 0 bridgehead atoms. The number of benzene rings is 4. The molecule has 6 rings (SSSR count). The number of anilines is 2. The van der Waals surface area contributed by atoms with Gasteiger partial charge in [-0.05, 0) is 87.7 Å². The van der Waals surface area contributed by atoms with Crippen LogP contribution in [0.15, 0.2) is 85.1 Å². The summed E-state index contributed by atoms with van der Waals surface area (Å²) in [5.74, 6) is 0.652. The minimum absolute atomic E-state index is 0.343. The average molecular weight is 560 g/mol. The third-order valence-corrected chi connectivity index (χ3v) is 7.02. The first-order valence-corrected chi connectivity index (χ1v) is 13.7. The minimum atomic E-state index is -0.635. The number of hydrogen-bond donors (Lipinski definition) is 1. The van der Waals surface area contributed by atoms with Gasteiger partial charge in [0.25, 0.3) is 0 Å². The van der Waals surface area contributed by atoms with E-state index < -0.39 is 11.7 Å². The first-order chi connectivity index (χ1) is 20.1. The van der Waals surface area contributed by atoms with Crippen molar-refractivity contribution >= 4 is 39.4 Å². The van der Waals surface area contributed by atoms with Gasteiger partial charge in [0.2, 0.25) is 0 Å². The Labute approximate surface area is 243 Å². The van der Waals surface area contributed by atoms with Crippen LogP contribution in [0, 0.1) is 19.7 Å². The molecule has 7 nitrogen and oxygen atoms in total. The molecule has 2 aromatic heterocycles. The van der Waals surface area contributed by atoms with E-state index in [1.54, 1.807) is 12.3 Å². The Kier molecular flexibility index (Phi) is 6.69. The molecule has 0 aliphatic rings. The fourth-order valence-electron chi connectivity index (χ4n) is 4.82. The molecule has 210 valence electrons. The smallest absolute Gasteiger partial charge is 0.435 e. The Morgan fingerprint density at radius 1 is 0.881 bits per heavy atom. The third-order valence-electron chi connectivity index (χ3n) is 7.02. The maximum Gasteiger partial charge on any atom is 0.435 e. The summed E-state index contributed by atoms with van der Waals surface area (Å²) in [6.45, 7) is 9.52. The van der Waals surface area contributed by atoms with Gasteiger partial charge in [-0.1, -0.05) is 42.5 Å². The van der Waals surface area contributed by atoms with Crippen LogP contribution in [0.4, 0.5) is 20.7 Å². The molecule has 42 heavy (non-hydrogen) atoms. The standard InChI is InChI=1S/C34H30FN5O2/c1-20-15-27-29(16-21(20)2)38-31(23-11-13-26(28(35)18-23)22-9-7-6-8-10-22)39-32(27)37-25-12-14-30-24(17-25)19-36-40(30)33(41)42-34(3,4)5/h6-19H,1-5H3,(H,37,38,39). The zero-order valence-electron chi connectivity index (χ0n) is 24.1. The number of ether oxygens (including phenoxy) is 1. The lowest BCUT2D eigenvalue weighted by atomic mass is 10.0. The number of nitrogens with zero attached hydrogens (tertiary/aromatic N) is 4. The summed E-state index contributed by atoms with van der Waals surface area (Å²) >= 11 is 0. The lowest BCUT2D eigenvalue weighted by Crippen LogP contribution is -2.27. The zero-order chi connectivity index (χ0) is 29.6. The number of carbonyl (C=O) groups excluding carboxylic acids is 1. The zero-order valence-corrected chi connectivity index (χ0v) is 24.1. The summed E-state index contributed by atoms with van der Waals surface area (Å²) < 4.78 is 22.0. The number of halogens is 1. The van der Waals surface area contributed by atoms with Gasteiger partial charge in [0.05, 0.1) is 17.2 Å². The Balaban J connectivity index is 1.40. The molecule has 0 fully saturated rings.